The Labute approximate surface area is 188 Å². The summed E-state index contributed by atoms with van der Waals surface area (Å²) in [5.74, 6) is 0.729. The lowest BCUT2D eigenvalue weighted by Crippen LogP contribution is -2.42. The molecule has 3 aromatic rings. The highest BCUT2D eigenvalue weighted by Crippen LogP contribution is 2.29. The maximum absolute atomic E-state index is 13.1. The van der Waals surface area contributed by atoms with Crippen molar-refractivity contribution in [2.75, 3.05) is 13.1 Å². The molecule has 0 radical (unpaired) electrons. The highest BCUT2D eigenvalue weighted by atomic mass is 32.2. The van der Waals surface area contributed by atoms with Crippen LogP contribution in [0.1, 0.15) is 31.7 Å². The van der Waals surface area contributed by atoms with Gasteiger partial charge in [0.05, 0.1) is 15.9 Å². The largest absolute Gasteiger partial charge is 0.506 e. The number of allylic oxidation sites excluding steroid dienone is 1. The average Bonchev–Trinajstić information content (AvgIpc) is 3.10. The van der Waals surface area contributed by atoms with E-state index in [0.29, 0.717) is 36.3 Å². The number of piperidine rings is 1. The van der Waals surface area contributed by atoms with E-state index in [0.717, 1.165) is 17.5 Å². The van der Waals surface area contributed by atoms with Gasteiger partial charge in [0.25, 0.3) is 0 Å². The van der Waals surface area contributed by atoms with Gasteiger partial charge in [0.15, 0.2) is 5.82 Å². The molecule has 1 fully saturated rings. The maximum Gasteiger partial charge on any atom is 0.243 e. The van der Waals surface area contributed by atoms with Crippen molar-refractivity contribution in [3.05, 3.63) is 59.9 Å². The van der Waals surface area contributed by atoms with Crippen LogP contribution in [0.2, 0.25) is 0 Å². The standard InChI is InChI=1S/C24H26N4O3S/c1-16-12-17(2)15-28(14-16)32(30,31)19-10-8-18(9-11-19)23(29)20(13-25)24-26-21-6-4-5-7-22(21)27(24)3/h4-11,16-17,29H,12,14-15H2,1-3H3/t16-,17-/m1/s1. The van der Waals surface area contributed by atoms with Crippen molar-refractivity contribution in [2.24, 2.45) is 18.9 Å². The molecule has 2 atom stereocenters. The summed E-state index contributed by atoms with van der Waals surface area (Å²) >= 11 is 0. The van der Waals surface area contributed by atoms with Gasteiger partial charge >= 0.3 is 0 Å². The summed E-state index contributed by atoms with van der Waals surface area (Å²) in [5.41, 5.74) is 1.94. The summed E-state index contributed by atoms with van der Waals surface area (Å²) in [6.45, 7) is 5.14. The van der Waals surface area contributed by atoms with E-state index in [1.807, 2.05) is 30.3 Å². The average molecular weight is 451 g/mol. The number of aliphatic hydroxyl groups is 1. The van der Waals surface area contributed by atoms with E-state index in [1.165, 1.54) is 28.6 Å². The number of aromatic nitrogens is 2. The van der Waals surface area contributed by atoms with Crippen molar-refractivity contribution >= 4 is 32.4 Å². The molecular formula is C24H26N4O3S. The number of aryl methyl sites for hydroxylation is 1. The van der Waals surface area contributed by atoms with E-state index in [-0.39, 0.29) is 16.2 Å². The van der Waals surface area contributed by atoms with Crippen LogP contribution in [-0.4, -0.2) is 40.5 Å². The Morgan fingerprint density at radius 1 is 1.09 bits per heavy atom. The first kappa shape index (κ1) is 22.1. The van der Waals surface area contributed by atoms with Crippen LogP contribution >= 0.6 is 0 Å². The zero-order valence-corrected chi connectivity index (χ0v) is 19.2. The molecule has 1 N–H and O–H groups in total. The minimum atomic E-state index is -3.62. The van der Waals surface area contributed by atoms with E-state index in [2.05, 4.69) is 18.8 Å². The second-order valence-electron chi connectivity index (χ2n) is 8.61. The van der Waals surface area contributed by atoms with Gasteiger partial charge in [0.1, 0.15) is 17.4 Å². The molecule has 0 amide bonds. The van der Waals surface area contributed by atoms with Gasteiger partial charge in [-0.25, -0.2) is 13.4 Å². The van der Waals surface area contributed by atoms with Crippen molar-refractivity contribution in [3.8, 4) is 6.07 Å². The fourth-order valence-electron chi connectivity index (χ4n) is 4.46. The fraction of sp³-hybridized carbons (Fsp3) is 0.333. The third-order valence-electron chi connectivity index (χ3n) is 5.96. The van der Waals surface area contributed by atoms with Gasteiger partial charge in [0.2, 0.25) is 10.0 Å². The molecule has 0 spiro atoms. The lowest BCUT2D eigenvalue weighted by molar-refractivity contribution is 0.222. The molecule has 1 aliphatic rings. The first-order valence-corrected chi connectivity index (χ1v) is 12.0. The van der Waals surface area contributed by atoms with Gasteiger partial charge in [-0.15, -0.1) is 0 Å². The molecule has 32 heavy (non-hydrogen) atoms. The molecule has 0 bridgehead atoms. The normalized spacial score (nSPS) is 20.7. The lowest BCUT2D eigenvalue weighted by Gasteiger charge is -2.34. The number of rotatable bonds is 4. The molecule has 166 valence electrons. The fourth-order valence-corrected chi connectivity index (χ4v) is 6.14. The Kier molecular flexibility index (Phi) is 5.80. The predicted molar refractivity (Wildman–Crippen MR) is 124 cm³/mol. The third kappa shape index (κ3) is 3.90. The van der Waals surface area contributed by atoms with Gasteiger partial charge in [-0.3, -0.25) is 0 Å². The van der Waals surface area contributed by atoms with Crippen molar-refractivity contribution in [2.45, 2.75) is 25.2 Å². The number of benzene rings is 2. The summed E-state index contributed by atoms with van der Waals surface area (Å²) in [4.78, 5) is 4.66. The van der Waals surface area contributed by atoms with Crippen LogP contribution in [0.4, 0.5) is 0 Å². The quantitative estimate of drug-likeness (QED) is 0.475. The number of hydrogen-bond donors (Lipinski definition) is 1. The molecule has 1 aromatic heterocycles. The maximum atomic E-state index is 13.1. The predicted octanol–water partition coefficient (Wildman–Crippen LogP) is 4.19. The lowest BCUT2D eigenvalue weighted by atomic mass is 9.94. The summed E-state index contributed by atoms with van der Waals surface area (Å²) in [5, 5.41) is 20.6. The van der Waals surface area contributed by atoms with Crippen molar-refractivity contribution < 1.29 is 13.5 Å². The molecule has 0 aliphatic carbocycles. The van der Waals surface area contributed by atoms with Crippen LogP contribution in [0.5, 0.6) is 0 Å². The first-order valence-electron chi connectivity index (χ1n) is 10.6. The Balaban J connectivity index is 1.69. The molecule has 0 saturated carbocycles. The molecule has 1 saturated heterocycles. The minimum absolute atomic E-state index is 0.0259. The molecule has 0 unspecified atom stereocenters. The molecule has 8 heteroatoms. The van der Waals surface area contributed by atoms with E-state index in [9.17, 15) is 18.8 Å². The second-order valence-corrected chi connectivity index (χ2v) is 10.5. The van der Waals surface area contributed by atoms with Gasteiger partial charge in [-0.2, -0.15) is 9.57 Å². The smallest absolute Gasteiger partial charge is 0.243 e. The Morgan fingerprint density at radius 2 is 1.72 bits per heavy atom. The van der Waals surface area contributed by atoms with Gasteiger partial charge in [-0.05, 0) is 54.7 Å². The summed E-state index contributed by atoms with van der Waals surface area (Å²) < 4.78 is 29.5. The highest BCUT2D eigenvalue weighted by Gasteiger charge is 2.31. The van der Waals surface area contributed by atoms with Crippen LogP contribution < -0.4 is 0 Å². The third-order valence-corrected chi connectivity index (χ3v) is 7.81. The van der Waals surface area contributed by atoms with E-state index in [4.69, 9.17) is 0 Å². The van der Waals surface area contributed by atoms with Crippen LogP contribution in [0.15, 0.2) is 53.4 Å². The van der Waals surface area contributed by atoms with Crippen LogP contribution in [-0.2, 0) is 17.1 Å². The summed E-state index contributed by atoms with van der Waals surface area (Å²) in [7, 11) is -1.83. The molecule has 2 heterocycles. The number of nitriles is 1. The number of hydrogen-bond acceptors (Lipinski definition) is 5. The van der Waals surface area contributed by atoms with Gasteiger partial charge < -0.3 is 9.67 Å². The monoisotopic (exact) mass is 450 g/mol. The molecular weight excluding hydrogens is 424 g/mol. The number of aliphatic hydroxyl groups excluding tert-OH is 1. The van der Waals surface area contributed by atoms with E-state index in [1.54, 1.807) is 11.6 Å². The molecule has 4 rings (SSSR count). The van der Waals surface area contributed by atoms with Crippen molar-refractivity contribution in [3.63, 3.8) is 0 Å². The van der Waals surface area contributed by atoms with Gasteiger partial charge in [-0.1, -0.05) is 26.0 Å². The number of imidazole rings is 1. The van der Waals surface area contributed by atoms with Crippen LogP contribution in [0, 0.1) is 23.2 Å². The van der Waals surface area contributed by atoms with Crippen molar-refractivity contribution in [1.29, 1.82) is 5.26 Å². The number of nitrogens with zero attached hydrogens (tertiary/aromatic N) is 4. The Morgan fingerprint density at radius 3 is 2.31 bits per heavy atom. The SMILES string of the molecule is C[C@@H]1C[C@@H](C)CN(S(=O)(=O)c2ccc(C(O)=C(C#N)c3nc4ccccc4n3C)cc2)C1. The highest BCUT2D eigenvalue weighted by molar-refractivity contribution is 7.89. The van der Waals surface area contributed by atoms with Crippen LogP contribution in [0.25, 0.3) is 22.4 Å². The Hall–Kier alpha value is -3.15. The number of fused-ring (bicyclic) bond motifs is 1. The first-order chi connectivity index (χ1) is 15.2. The molecule has 7 nitrogen and oxygen atoms in total. The molecule has 1 aliphatic heterocycles. The zero-order chi connectivity index (χ0) is 23.0. The Bertz CT molecular complexity index is 1320. The van der Waals surface area contributed by atoms with Crippen molar-refractivity contribution in [1.82, 2.24) is 13.9 Å². The minimum Gasteiger partial charge on any atom is -0.506 e. The molecule has 2 aromatic carbocycles. The number of para-hydroxylation sites is 2. The number of sulfonamides is 1. The van der Waals surface area contributed by atoms with Gasteiger partial charge in [0, 0.05) is 25.7 Å². The zero-order valence-electron chi connectivity index (χ0n) is 18.4. The van der Waals surface area contributed by atoms with Crippen LogP contribution in [0.3, 0.4) is 0 Å². The topological polar surface area (TPSA) is 99.2 Å². The van der Waals surface area contributed by atoms with E-state index >= 15 is 0 Å². The summed E-state index contributed by atoms with van der Waals surface area (Å²) in [6, 6.07) is 15.5. The summed E-state index contributed by atoms with van der Waals surface area (Å²) in [6.07, 6.45) is 1.02. The second kappa shape index (κ2) is 8.41. The van der Waals surface area contributed by atoms with E-state index < -0.39 is 10.0 Å².